The molecule has 2 rings (SSSR count). The number of carbonyl (C=O) groups is 1. The predicted octanol–water partition coefficient (Wildman–Crippen LogP) is 1.40. The lowest BCUT2D eigenvalue weighted by atomic mass is 10.0. The van der Waals surface area contributed by atoms with Gasteiger partial charge in [-0.25, -0.2) is 0 Å². The minimum atomic E-state index is -0.763. The van der Waals surface area contributed by atoms with Gasteiger partial charge in [-0.2, -0.15) is 0 Å². The van der Waals surface area contributed by atoms with Crippen LogP contribution in [-0.4, -0.2) is 40.9 Å². The molecule has 1 aromatic carbocycles. The van der Waals surface area contributed by atoms with Crippen molar-refractivity contribution in [2.75, 3.05) is 19.7 Å². The summed E-state index contributed by atoms with van der Waals surface area (Å²) in [6.45, 7) is 4.59. The summed E-state index contributed by atoms with van der Waals surface area (Å²) >= 11 is 0. The number of carbonyl (C=O) groups excluding carboxylic acids is 1. The zero-order valence-corrected chi connectivity index (χ0v) is 14.0. The van der Waals surface area contributed by atoms with Crippen molar-refractivity contribution >= 4 is 16.9 Å². The molecule has 0 saturated carbocycles. The summed E-state index contributed by atoms with van der Waals surface area (Å²) in [6.07, 6.45) is 1.81. The van der Waals surface area contributed by atoms with Crippen LogP contribution in [0, 0.1) is 6.92 Å². The van der Waals surface area contributed by atoms with Crippen LogP contribution in [0.1, 0.15) is 30.9 Å². The van der Waals surface area contributed by atoms with E-state index in [0.29, 0.717) is 29.6 Å². The fraction of sp³-hybridized carbons (Fsp3) is 0.389. The summed E-state index contributed by atoms with van der Waals surface area (Å²) in [5.41, 5.74) is 0.653. The van der Waals surface area contributed by atoms with Crippen molar-refractivity contribution < 1.29 is 19.7 Å². The fourth-order valence-corrected chi connectivity index (χ4v) is 2.61. The van der Waals surface area contributed by atoms with Gasteiger partial charge in [0, 0.05) is 18.0 Å². The van der Waals surface area contributed by atoms with E-state index in [4.69, 9.17) is 4.74 Å². The van der Waals surface area contributed by atoms with E-state index in [9.17, 15) is 19.8 Å². The molecule has 0 aliphatic carbocycles. The number of hydrogen-bond acceptors (Lipinski definition) is 6. The lowest BCUT2D eigenvalue weighted by Gasteiger charge is -2.15. The fourth-order valence-electron chi connectivity index (χ4n) is 2.61. The molecule has 0 unspecified atom stereocenters. The van der Waals surface area contributed by atoms with Gasteiger partial charge in [-0.15, -0.1) is 0 Å². The molecule has 4 N–H and O–H groups in total. The Bertz CT molecular complexity index is 772. The van der Waals surface area contributed by atoms with Crippen LogP contribution in [0.15, 0.2) is 29.1 Å². The normalized spacial score (nSPS) is 12.2. The SMILES string of the molecule is [CH2]C(=O)OCCCCCNC[C@@H](O)c1ccc(O)c2[nH]c(=O)ccc12. The average Bonchev–Trinajstić information content (AvgIpc) is 2.57. The quantitative estimate of drug-likeness (QED) is 0.403. The van der Waals surface area contributed by atoms with E-state index in [1.54, 1.807) is 12.1 Å². The smallest absolute Gasteiger partial charge is 0.306 e. The van der Waals surface area contributed by atoms with Gasteiger partial charge < -0.3 is 25.3 Å². The largest absolute Gasteiger partial charge is 0.506 e. The zero-order valence-electron chi connectivity index (χ0n) is 14.0. The molecule has 2 aromatic rings. The number of H-pyrrole nitrogens is 1. The van der Waals surface area contributed by atoms with Crippen LogP contribution >= 0.6 is 0 Å². The number of phenols is 1. The lowest BCUT2D eigenvalue weighted by Crippen LogP contribution is -2.23. The Morgan fingerprint density at radius 3 is 2.80 bits per heavy atom. The third kappa shape index (κ3) is 5.58. The van der Waals surface area contributed by atoms with Gasteiger partial charge in [0.05, 0.1) is 25.2 Å². The molecule has 7 heteroatoms. The summed E-state index contributed by atoms with van der Waals surface area (Å²) < 4.78 is 4.75. The number of aliphatic hydroxyl groups excluding tert-OH is 1. The number of hydrogen-bond donors (Lipinski definition) is 4. The number of aromatic amines is 1. The van der Waals surface area contributed by atoms with Crippen LogP contribution < -0.4 is 10.9 Å². The number of nitrogens with one attached hydrogen (secondary N) is 2. The number of aromatic nitrogens is 1. The molecule has 1 heterocycles. The van der Waals surface area contributed by atoms with Gasteiger partial charge >= 0.3 is 5.97 Å². The molecule has 0 aliphatic heterocycles. The summed E-state index contributed by atoms with van der Waals surface area (Å²) in [5, 5.41) is 24.0. The molecule has 1 aromatic heterocycles. The molecule has 0 amide bonds. The standard InChI is InChI=1S/C18H23N2O5/c1-12(21)25-10-4-2-3-9-19-11-16(23)13-5-7-15(22)18-14(13)6-8-17(24)20-18/h5-8,16,19,22-23H,1-4,9-11H2,(H,20,24)/t16-/m1/s1. The van der Waals surface area contributed by atoms with Gasteiger partial charge in [0.25, 0.3) is 0 Å². The number of aliphatic hydroxyl groups is 1. The number of unbranched alkanes of at least 4 members (excludes halogenated alkanes) is 2. The maximum absolute atomic E-state index is 11.4. The number of fused-ring (bicyclic) bond motifs is 1. The second kappa shape index (κ2) is 9.19. The third-order valence-corrected chi connectivity index (χ3v) is 3.86. The first-order valence-electron chi connectivity index (χ1n) is 8.21. The van der Waals surface area contributed by atoms with E-state index < -0.39 is 12.1 Å². The van der Waals surface area contributed by atoms with E-state index in [2.05, 4.69) is 17.2 Å². The summed E-state index contributed by atoms with van der Waals surface area (Å²) in [4.78, 5) is 24.5. The molecule has 0 fully saturated rings. The minimum Gasteiger partial charge on any atom is -0.506 e. The Hall–Kier alpha value is -2.38. The number of ether oxygens (including phenoxy) is 1. The van der Waals surface area contributed by atoms with Crippen molar-refractivity contribution in [3.63, 3.8) is 0 Å². The van der Waals surface area contributed by atoms with Gasteiger partial charge in [-0.1, -0.05) is 6.07 Å². The number of pyridine rings is 1. The van der Waals surface area contributed by atoms with Crippen LogP contribution in [0.5, 0.6) is 5.75 Å². The molecule has 135 valence electrons. The maximum Gasteiger partial charge on any atom is 0.306 e. The summed E-state index contributed by atoms with van der Waals surface area (Å²) in [7, 11) is 0. The number of esters is 1. The van der Waals surface area contributed by atoms with Crippen LogP contribution in [-0.2, 0) is 9.53 Å². The second-order valence-corrected chi connectivity index (χ2v) is 5.79. The molecule has 25 heavy (non-hydrogen) atoms. The molecule has 0 saturated heterocycles. The van der Waals surface area contributed by atoms with Gasteiger partial charge in [0.1, 0.15) is 5.75 Å². The van der Waals surface area contributed by atoms with E-state index in [1.807, 2.05) is 0 Å². The Morgan fingerprint density at radius 1 is 1.24 bits per heavy atom. The molecular formula is C18H23N2O5. The van der Waals surface area contributed by atoms with Crippen molar-refractivity contribution in [3.8, 4) is 5.75 Å². The minimum absolute atomic E-state index is 0.0282. The second-order valence-electron chi connectivity index (χ2n) is 5.79. The zero-order chi connectivity index (χ0) is 18.2. The number of aromatic hydroxyl groups is 1. The molecular weight excluding hydrogens is 324 g/mol. The highest BCUT2D eigenvalue weighted by Gasteiger charge is 2.13. The lowest BCUT2D eigenvalue weighted by molar-refractivity contribution is -0.138. The topological polar surface area (TPSA) is 112 Å². The third-order valence-electron chi connectivity index (χ3n) is 3.86. The van der Waals surface area contributed by atoms with Gasteiger partial charge in [0.15, 0.2) is 0 Å². The molecule has 0 spiro atoms. The molecule has 0 aliphatic rings. The van der Waals surface area contributed by atoms with Crippen molar-refractivity contribution in [2.24, 2.45) is 0 Å². The number of benzene rings is 1. The van der Waals surface area contributed by atoms with Gasteiger partial charge in [-0.3, -0.25) is 9.59 Å². The van der Waals surface area contributed by atoms with Crippen LogP contribution in [0.25, 0.3) is 10.9 Å². The Kier molecular flexibility index (Phi) is 6.97. The molecule has 0 bridgehead atoms. The van der Waals surface area contributed by atoms with E-state index >= 15 is 0 Å². The first-order chi connectivity index (χ1) is 12.0. The summed E-state index contributed by atoms with van der Waals surface area (Å²) in [6, 6.07) is 6.07. The van der Waals surface area contributed by atoms with Crippen LogP contribution in [0.4, 0.5) is 0 Å². The van der Waals surface area contributed by atoms with Crippen molar-refractivity contribution in [1.29, 1.82) is 0 Å². The highest BCUT2D eigenvalue weighted by molar-refractivity contribution is 5.87. The van der Waals surface area contributed by atoms with E-state index in [-0.39, 0.29) is 11.3 Å². The Morgan fingerprint density at radius 2 is 2.04 bits per heavy atom. The molecule has 7 nitrogen and oxygen atoms in total. The van der Waals surface area contributed by atoms with Crippen LogP contribution in [0.3, 0.4) is 0 Å². The van der Waals surface area contributed by atoms with Gasteiger partial charge in [0.2, 0.25) is 5.56 Å². The maximum atomic E-state index is 11.4. The molecule has 1 radical (unpaired) electrons. The highest BCUT2D eigenvalue weighted by Crippen LogP contribution is 2.28. The average molecular weight is 347 g/mol. The Labute approximate surface area is 145 Å². The highest BCUT2D eigenvalue weighted by atomic mass is 16.5. The predicted molar refractivity (Wildman–Crippen MR) is 94.2 cm³/mol. The summed E-state index contributed by atoms with van der Waals surface area (Å²) in [5.74, 6) is -0.539. The van der Waals surface area contributed by atoms with Crippen LogP contribution in [0.2, 0.25) is 0 Å². The number of phenolic OH excluding ortho intramolecular Hbond substituents is 1. The first kappa shape index (κ1) is 19.0. The van der Waals surface area contributed by atoms with E-state index in [0.717, 1.165) is 25.8 Å². The molecule has 1 atom stereocenters. The van der Waals surface area contributed by atoms with Gasteiger partial charge in [-0.05, 0) is 43.5 Å². The Balaban J connectivity index is 1.82. The van der Waals surface area contributed by atoms with Crippen molar-refractivity contribution in [1.82, 2.24) is 10.3 Å². The monoisotopic (exact) mass is 347 g/mol. The number of rotatable bonds is 9. The van der Waals surface area contributed by atoms with Crippen molar-refractivity contribution in [3.05, 3.63) is 47.1 Å². The first-order valence-corrected chi connectivity index (χ1v) is 8.21. The van der Waals surface area contributed by atoms with E-state index in [1.165, 1.54) is 12.1 Å². The van der Waals surface area contributed by atoms with Crippen molar-refractivity contribution in [2.45, 2.75) is 25.4 Å².